The Morgan fingerprint density at radius 2 is 0.706 bits per heavy atom. The van der Waals surface area contributed by atoms with Gasteiger partial charge in [-0.2, -0.15) is 0 Å². The summed E-state index contributed by atoms with van der Waals surface area (Å²) in [6.45, 7) is 8.87. The third kappa shape index (κ3) is 8.13. The predicted octanol–water partition coefficient (Wildman–Crippen LogP) is 5.74. The van der Waals surface area contributed by atoms with Gasteiger partial charge in [0.25, 0.3) is 0 Å². The van der Waals surface area contributed by atoms with E-state index >= 15 is 0 Å². The van der Waals surface area contributed by atoms with Gasteiger partial charge in [-0.25, -0.2) is 0 Å². The van der Waals surface area contributed by atoms with Gasteiger partial charge in [-0.3, -0.25) is 0 Å². The van der Waals surface area contributed by atoms with Crippen molar-refractivity contribution >= 4 is 27.7 Å². The van der Waals surface area contributed by atoms with E-state index < -0.39 is 14.7 Å². The van der Waals surface area contributed by atoms with Gasteiger partial charge in [-0.1, -0.05) is 0 Å². The summed E-state index contributed by atoms with van der Waals surface area (Å²) in [5.74, 6) is 2.85. The quantitative estimate of drug-likeness (QED) is 0.188. The fourth-order valence-electron chi connectivity index (χ4n) is 3.52. The molecule has 3 aromatic carbocycles. The first-order chi connectivity index (χ1) is 16.7. The van der Waals surface area contributed by atoms with Crippen molar-refractivity contribution in [2.24, 2.45) is 0 Å². The van der Waals surface area contributed by atoms with E-state index in [0.717, 1.165) is 75.6 Å². The maximum atomic E-state index is 5.90. The molecule has 0 spiro atoms. The van der Waals surface area contributed by atoms with Crippen LogP contribution in [0.2, 0.25) is 0 Å². The predicted molar refractivity (Wildman–Crippen MR) is 145 cm³/mol. The Bertz CT molecular complexity index is 809. The van der Waals surface area contributed by atoms with Crippen molar-refractivity contribution < 1.29 is 14.2 Å². The van der Waals surface area contributed by atoms with E-state index in [1.807, 2.05) is 0 Å². The number of unbranched alkanes of at least 4 members (excludes halogenated alkanes) is 3. The average molecular weight is 523 g/mol. The minimum atomic E-state index is -1.73. The average Bonchev–Trinajstić information content (AvgIpc) is 2.87. The summed E-state index contributed by atoms with van der Waals surface area (Å²) in [6.07, 6.45) is 6.67. The number of ether oxygens (including phenoxy) is 3. The summed E-state index contributed by atoms with van der Waals surface area (Å²) in [7, 11) is 0. The summed E-state index contributed by atoms with van der Waals surface area (Å²) < 4.78 is 21.9. The van der Waals surface area contributed by atoms with Gasteiger partial charge >= 0.3 is 211 Å². The van der Waals surface area contributed by atoms with Crippen LogP contribution in [-0.2, 0) is 0 Å². The Morgan fingerprint density at radius 1 is 0.441 bits per heavy atom. The van der Waals surface area contributed by atoms with Gasteiger partial charge in [0, 0.05) is 0 Å². The van der Waals surface area contributed by atoms with Crippen LogP contribution in [0.3, 0.4) is 0 Å². The molecule has 0 saturated heterocycles. The normalized spacial score (nSPS) is 10.9. The van der Waals surface area contributed by atoms with Crippen molar-refractivity contribution in [1.82, 2.24) is 0 Å². The molecule has 3 nitrogen and oxygen atoms in total. The molecule has 0 aliphatic rings. The van der Waals surface area contributed by atoms with Crippen molar-refractivity contribution in [3.8, 4) is 17.2 Å². The molecule has 0 aliphatic carbocycles. The molecular formula is C30H39AsO3. The molecular weight excluding hydrogens is 483 g/mol. The minimum absolute atomic E-state index is 0.774. The van der Waals surface area contributed by atoms with E-state index in [-0.39, 0.29) is 0 Å². The third-order valence-corrected chi connectivity index (χ3v) is 10.7. The second kappa shape index (κ2) is 14.8. The molecule has 0 unspecified atom stereocenters. The summed E-state index contributed by atoms with van der Waals surface area (Å²) in [4.78, 5) is 0. The maximum absolute atomic E-state index is 5.90. The Balaban J connectivity index is 1.83. The fraction of sp³-hybridized carbons (Fsp3) is 0.400. The molecule has 0 bridgehead atoms. The Hall–Kier alpha value is -2.38. The molecule has 182 valence electrons. The molecule has 0 aliphatic heterocycles. The first kappa shape index (κ1) is 26.2. The van der Waals surface area contributed by atoms with Crippen molar-refractivity contribution in [2.45, 2.75) is 59.3 Å². The van der Waals surface area contributed by atoms with Crippen molar-refractivity contribution in [2.75, 3.05) is 19.8 Å². The standard InChI is InChI=1S/C30H39AsO3/c1-4-7-22-32-28-16-10-25(11-17-28)31(26-12-18-29(19-13-26)33-23-8-5-2)27-14-20-30(21-15-27)34-24-9-6-3/h10-21H,4-9,22-24H2,1-3H3. The number of hydrogen-bond acceptors (Lipinski definition) is 3. The monoisotopic (exact) mass is 522 g/mol. The van der Waals surface area contributed by atoms with Gasteiger partial charge in [-0.05, 0) is 0 Å². The van der Waals surface area contributed by atoms with E-state index in [0.29, 0.717) is 0 Å². The molecule has 34 heavy (non-hydrogen) atoms. The first-order valence-corrected chi connectivity index (χ1v) is 15.5. The molecule has 3 rings (SSSR count). The first-order valence-electron chi connectivity index (χ1n) is 12.7. The van der Waals surface area contributed by atoms with E-state index in [9.17, 15) is 0 Å². The van der Waals surface area contributed by atoms with E-state index in [2.05, 4.69) is 93.6 Å². The van der Waals surface area contributed by atoms with Crippen LogP contribution in [0.4, 0.5) is 0 Å². The number of rotatable bonds is 15. The van der Waals surface area contributed by atoms with Gasteiger partial charge in [0.2, 0.25) is 0 Å². The Morgan fingerprint density at radius 3 is 0.941 bits per heavy atom. The molecule has 3 aromatic rings. The molecule has 0 N–H and O–H groups in total. The summed E-state index contributed by atoms with van der Waals surface area (Å²) in [5.41, 5.74) is 0. The van der Waals surface area contributed by atoms with Crippen molar-refractivity contribution in [3.63, 3.8) is 0 Å². The molecule has 0 heterocycles. The van der Waals surface area contributed by atoms with Gasteiger partial charge in [0.15, 0.2) is 0 Å². The zero-order valence-corrected chi connectivity index (χ0v) is 22.8. The van der Waals surface area contributed by atoms with Gasteiger partial charge in [0.1, 0.15) is 0 Å². The zero-order chi connectivity index (χ0) is 24.0. The summed E-state index contributed by atoms with van der Waals surface area (Å²) >= 11 is -1.73. The van der Waals surface area contributed by atoms with Gasteiger partial charge < -0.3 is 0 Å². The second-order valence-corrected chi connectivity index (χ2v) is 13.1. The van der Waals surface area contributed by atoms with Crippen LogP contribution in [0.25, 0.3) is 0 Å². The molecule has 0 amide bonds. The SMILES string of the molecule is CCCCOc1ccc([As](c2ccc(OCCCC)cc2)c2ccc(OCCCC)cc2)cc1. The van der Waals surface area contributed by atoms with Crippen LogP contribution in [-0.4, -0.2) is 34.5 Å². The van der Waals surface area contributed by atoms with Gasteiger partial charge in [0.05, 0.1) is 0 Å². The van der Waals surface area contributed by atoms with E-state index in [1.165, 1.54) is 13.1 Å². The third-order valence-electron chi connectivity index (χ3n) is 5.58. The zero-order valence-electron chi connectivity index (χ0n) is 21.0. The van der Waals surface area contributed by atoms with Crippen LogP contribution in [0, 0.1) is 0 Å². The van der Waals surface area contributed by atoms with Crippen LogP contribution in [0.15, 0.2) is 72.8 Å². The van der Waals surface area contributed by atoms with Crippen molar-refractivity contribution in [3.05, 3.63) is 72.8 Å². The van der Waals surface area contributed by atoms with Crippen molar-refractivity contribution in [1.29, 1.82) is 0 Å². The number of hydrogen-bond donors (Lipinski definition) is 0. The Labute approximate surface area is 210 Å². The summed E-state index contributed by atoms with van der Waals surface area (Å²) in [5, 5.41) is 0. The molecule has 4 heteroatoms. The Kier molecular flexibility index (Phi) is 11.4. The van der Waals surface area contributed by atoms with Crippen LogP contribution in [0.1, 0.15) is 59.3 Å². The molecule has 0 fully saturated rings. The van der Waals surface area contributed by atoms with Crippen LogP contribution in [0.5, 0.6) is 17.2 Å². The van der Waals surface area contributed by atoms with E-state index in [1.54, 1.807) is 0 Å². The van der Waals surface area contributed by atoms with Gasteiger partial charge in [-0.15, -0.1) is 0 Å². The van der Waals surface area contributed by atoms with Crippen LogP contribution < -0.4 is 27.3 Å². The van der Waals surface area contributed by atoms with E-state index in [4.69, 9.17) is 14.2 Å². The molecule has 0 aromatic heterocycles. The molecule has 0 radical (unpaired) electrons. The summed E-state index contributed by atoms with van der Waals surface area (Å²) in [6, 6.07) is 26.2. The molecule has 0 atom stereocenters. The topological polar surface area (TPSA) is 27.7 Å². The van der Waals surface area contributed by atoms with Crippen LogP contribution >= 0.6 is 0 Å². The fourth-order valence-corrected chi connectivity index (χ4v) is 8.22. The molecule has 0 saturated carbocycles. The number of benzene rings is 3. The second-order valence-electron chi connectivity index (χ2n) is 8.42.